The average Bonchev–Trinajstić information content (AvgIpc) is 2.85. The molecular formula is C13H18N2O3S. The molecule has 1 saturated heterocycles. The Labute approximate surface area is 116 Å². The Kier molecular flexibility index (Phi) is 4.55. The number of rotatable bonds is 3. The fourth-order valence-corrected chi connectivity index (χ4v) is 2.91. The van der Waals surface area contributed by atoms with E-state index in [-0.39, 0.29) is 18.4 Å². The van der Waals surface area contributed by atoms with Crippen molar-refractivity contribution in [2.24, 2.45) is 0 Å². The van der Waals surface area contributed by atoms with Gasteiger partial charge in [0.25, 0.3) is 5.91 Å². The first-order valence-electron chi connectivity index (χ1n) is 6.24. The predicted octanol–water partition coefficient (Wildman–Crippen LogP) is 0.987. The van der Waals surface area contributed by atoms with Gasteiger partial charge >= 0.3 is 0 Å². The molecule has 0 spiro atoms. The second-order valence-corrected chi connectivity index (χ2v) is 5.80. The Balaban J connectivity index is 1.89. The van der Waals surface area contributed by atoms with Gasteiger partial charge in [-0.15, -0.1) is 11.3 Å². The first-order valence-corrected chi connectivity index (χ1v) is 7.06. The third kappa shape index (κ3) is 3.33. The fraction of sp³-hybridized carbons (Fsp3) is 0.538. The van der Waals surface area contributed by atoms with E-state index in [2.05, 4.69) is 0 Å². The van der Waals surface area contributed by atoms with Crippen LogP contribution in [-0.4, -0.2) is 61.5 Å². The smallest absolute Gasteiger partial charge is 0.264 e. The lowest BCUT2D eigenvalue weighted by Gasteiger charge is -2.34. The largest absolute Gasteiger partial charge is 0.375 e. The van der Waals surface area contributed by atoms with Gasteiger partial charge in [-0.1, -0.05) is 0 Å². The summed E-state index contributed by atoms with van der Waals surface area (Å²) in [6, 6.07) is 3.82. The van der Waals surface area contributed by atoms with E-state index in [0.717, 1.165) is 9.75 Å². The average molecular weight is 282 g/mol. The minimum absolute atomic E-state index is 0.0124. The molecule has 6 heteroatoms. The van der Waals surface area contributed by atoms with Gasteiger partial charge < -0.3 is 14.5 Å². The van der Waals surface area contributed by atoms with Crippen LogP contribution in [0.25, 0.3) is 0 Å². The van der Waals surface area contributed by atoms with E-state index in [1.54, 1.807) is 4.90 Å². The van der Waals surface area contributed by atoms with Crippen LogP contribution in [0, 0.1) is 6.92 Å². The second kappa shape index (κ2) is 6.16. The maximum atomic E-state index is 12.2. The standard InChI is InChI=1S/C13H18N2O3S/c1-10-3-4-11(19-10)13(17)15-7-5-14(6-8-15)12(16)9-18-2/h3-4H,5-9H2,1-2H3. The third-order valence-electron chi connectivity index (χ3n) is 3.14. The van der Waals surface area contributed by atoms with Gasteiger partial charge in [-0.25, -0.2) is 0 Å². The molecule has 19 heavy (non-hydrogen) atoms. The van der Waals surface area contributed by atoms with Crippen LogP contribution in [0.15, 0.2) is 12.1 Å². The van der Waals surface area contributed by atoms with Gasteiger partial charge in [0.15, 0.2) is 0 Å². The highest BCUT2D eigenvalue weighted by molar-refractivity contribution is 7.13. The number of amides is 2. The maximum Gasteiger partial charge on any atom is 0.264 e. The summed E-state index contributed by atoms with van der Waals surface area (Å²) in [5, 5.41) is 0. The van der Waals surface area contributed by atoms with Crippen molar-refractivity contribution in [2.45, 2.75) is 6.92 Å². The lowest BCUT2D eigenvalue weighted by atomic mass is 10.3. The SMILES string of the molecule is COCC(=O)N1CCN(C(=O)c2ccc(C)s2)CC1. The van der Waals surface area contributed by atoms with Crippen LogP contribution in [0.3, 0.4) is 0 Å². The normalized spacial score (nSPS) is 15.7. The van der Waals surface area contributed by atoms with Crippen molar-refractivity contribution in [1.29, 1.82) is 0 Å². The molecule has 2 amide bonds. The third-order valence-corrected chi connectivity index (χ3v) is 4.13. The number of carbonyl (C=O) groups is 2. The van der Waals surface area contributed by atoms with E-state index in [1.165, 1.54) is 18.4 Å². The summed E-state index contributed by atoms with van der Waals surface area (Å²) in [5.41, 5.74) is 0. The summed E-state index contributed by atoms with van der Waals surface area (Å²) >= 11 is 1.51. The van der Waals surface area contributed by atoms with Crippen molar-refractivity contribution in [3.05, 3.63) is 21.9 Å². The number of aryl methyl sites for hydroxylation is 1. The lowest BCUT2D eigenvalue weighted by Crippen LogP contribution is -2.51. The van der Waals surface area contributed by atoms with E-state index in [0.29, 0.717) is 26.2 Å². The van der Waals surface area contributed by atoms with Gasteiger partial charge in [-0.05, 0) is 19.1 Å². The molecule has 5 nitrogen and oxygen atoms in total. The van der Waals surface area contributed by atoms with Gasteiger partial charge in [0.1, 0.15) is 6.61 Å². The number of carbonyl (C=O) groups excluding carboxylic acids is 2. The molecule has 1 aromatic rings. The Morgan fingerprint density at radius 2 is 1.84 bits per heavy atom. The number of hydrogen-bond donors (Lipinski definition) is 0. The van der Waals surface area contributed by atoms with Gasteiger partial charge in [0.05, 0.1) is 4.88 Å². The Bertz CT molecular complexity index is 464. The maximum absolute atomic E-state index is 12.2. The molecular weight excluding hydrogens is 264 g/mol. The number of nitrogens with zero attached hydrogens (tertiary/aromatic N) is 2. The molecule has 1 fully saturated rings. The zero-order valence-corrected chi connectivity index (χ0v) is 12.0. The number of piperazine rings is 1. The monoisotopic (exact) mass is 282 g/mol. The van der Waals surface area contributed by atoms with Crippen LogP contribution in [0.2, 0.25) is 0 Å². The van der Waals surface area contributed by atoms with E-state index in [1.807, 2.05) is 24.0 Å². The topological polar surface area (TPSA) is 49.9 Å². The fourth-order valence-electron chi connectivity index (χ4n) is 2.08. The van der Waals surface area contributed by atoms with Crippen molar-refractivity contribution in [1.82, 2.24) is 9.80 Å². The number of hydrogen-bond acceptors (Lipinski definition) is 4. The van der Waals surface area contributed by atoms with Crippen LogP contribution in [0.4, 0.5) is 0 Å². The van der Waals surface area contributed by atoms with E-state index < -0.39 is 0 Å². The first kappa shape index (κ1) is 14.0. The quantitative estimate of drug-likeness (QED) is 0.830. The van der Waals surface area contributed by atoms with Crippen LogP contribution >= 0.6 is 11.3 Å². The Hall–Kier alpha value is -1.40. The predicted molar refractivity (Wildman–Crippen MR) is 73.4 cm³/mol. The molecule has 0 atom stereocenters. The number of methoxy groups -OCH3 is 1. The molecule has 0 saturated carbocycles. The Morgan fingerprint density at radius 3 is 2.37 bits per heavy atom. The van der Waals surface area contributed by atoms with Crippen molar-refractivity contribution in [3.8, 4) is 0 Å². The van der Waals surface area contributed by atoms with Crippen LogP contribution < -0.4 is 0 Å². The minimum Gasteiger partial charge on any atom is -0.375 e. The Morgan fingerprint density at radius 1 is 1.21 bits per heavy atom. The van der Waals surface area contributed by atoms with Gasteiger partial charge in [0.2, 0.25) is 5.91 Å². The zero-order valence-electron chi connectivity index (χ0n) is 11.2. The summed E-state index contributed by atoms with van der Waals surface area (Å²) in [4.78, 5) is 29.3. The van der Waals surface area contributed by atoms with E-state index in [9.17, 15) is 9.59 Å². The summed E-state index contributed by atoms with van der Waals surface area (Å²) in [7, 11) is 1.51. The molecule has 2 heterocycles. The first-order chi connectivity index (χ1) is 9.11. The van der Waals surface area contributed by atoms with Gasteiger partial charge in [0, 0.05) is 38.2 Å². The highest BCUT2D eigenvalue weighted by Crippen LogP contribution is 2.18. The molecule has 0 aromatic carbocycles. The van der Waals surface area contributed by atoms with Gasteiger partial charge in [-0.2, -0.15) is 0 Å². The van der Waals surface area contributed by atoms with E-state index in [4.69, 9.17) is 4.74 Å². The molecule has 0 aliphatic carbocycles. The highest BCUT2D eigenvalue weighted by atomic mass is 32.1. The molecule has 2 rings (SSSR count). The summed E-state index contributed by atoms with van der Waals surface area (Å²) in [6.45, 7) is 4.44. The van der Waals surface area contributed by atoms with Crippen LogP contribution in [0.5, 0.6) is 0 Å². The minimum atomic E-state index is -0.0124. The lowest BCUT2D eigenvalue weighted by molar-refractivity contribution is -0.136. The molecule has 104 valence electrons. The number of thiophene rings is 1. The van der Waals surface area contributed by atoms with Crippen molar-refractivity contribution in [3.63, 3.8) is 0 Å². The molecule has 0 N–H and O–H groups in total. The van der Waals surface area contributed by atoms with Crippen molar-refractivity contribution >= 4 is 23.2 Å². The highest BCUT2D eigenvalue weighted by Gasteiger charge is 2.25. The summed E-state index contributed by atoms with van der Waals surface area (Å²) in [6.07, 6.45) is 0. The summed E-state index contributed by atoms with van der Waals surface area (Å²) < 4.78 is 4.83. The van der Waals surface area contributed by atoms with Gasteiger partial charge in [-0.3, -0.25) is 9.59 Å². The molecule has 0 unspecified atom stereocenters. The van der Waals surface area contributed by atoms with E-state index >= 15 is 0 Å². The van der Waals surface area contributed by atoms with Crippen LogP contribution in [0.1, 0.15) is 14.5 Å². The van der Waals surface area contributed by atoms with Crippen molar-refractivity contribution in [2.75, 3.05) is 39.9 Å². The summed E-state index contributed by atoms with van der Waals surface area (Å²) in [5.74, 6) is 0.0542. The molecule has 1 aliphatic heterocycles. The zero-order chi connectivity index (χ0) is 13.8. The van der Waals surface area contributed by atoms with Crippen LogP contribution in [-0.2, 0) is 9.53 Å². The molecule has 1 aliphatic rings. The number of ether oxygens (including phenoxy) is 1. The van der Waals surface area contributed by atoms with Crippen molar-refractivity contribution < 1.29 is 14.3 Å². The molecule has 1 aromatic heterocycles. The second-order valence-electron chi connectivity index (χ2n) is 4.52. The molecule has 0 bridgehead atoms. The molecule has 0 radical (unpaired) electrons.